The van der Waals surface area contributed by atoms with Crippen molar-refractivity contribution >= 4 is 17.3 Å². The van der Waals surface area contributed by atoms with Crippen molar-refractivity contribution in [3.63, 3.8) is 0 Å². The third kappa shape index (κ3) is 4.77. The molecule has 1 amide bonds. The lowest BCUT2D eigenvalue weighted by molar-refractivity contribution is -0.116. The molecule has 5 nitrogen and oxygen atoms in total. The third-order valence-corrected chi connectivity index (χ3v) is 3.37. The van der Waals surface area contributed by atoms with Gasteiger partial charge in [0.1, 0.15) is 12.6 Å². The first-order valence-electron chi connectivity index (χ1n) is 7.30. The van der Waals surface area contributed by atoms with Gasteiger partial charge in [-0.2, -0.15) is 5.10 Å². The van der Waals surface area contributed by atoms with Crippen molar-refractivity contribution in [2.75, 3.05) is 10.6 Å². The predicted molar refractivity (Wildman–Crippen MR) is 85.9 cm³/mol. The SMILES string of the molecule is Cc1ccc(NC(=O)[C@@H](C)Nc2cnn(CC(F)F)c2)c(C)c1. The molecule has 0 aliphatic rings. The molecule has 2 rings (SSSR count). The number of amides is 1. The Hall–Kier alpha value is -2.44. The quantitative estimate of drug-likeness (QED) is 0.858. The normalized spacial score (nSPS) is 12.3. The van der Waals surface area contributed by atoms with E-state index in [2.05, 4.69) is 15.7 Å². The highest BCUT2D eigenvalue weighted by atomic mass is 19.3. The number of halogens is 2. The van der Waals surface area contributed by atoms with Crippen molar-refractivity contribution in [3.8, 4) is 0 Å². The number of anilines is 2. The molecule has 7 heteroatoms. The number of nitrogens with one attached hydrogen (secondary N) is 2. The Morgan fingerprint density at radius 1 is 1.35 bits per heavy atom. The maximum Gasteiger partial charge on any atom is 0.257 e. The Balaban J connectivity index is 1.95. The second-order valence-electron chi connectivity index (χ2n) is 5.52. The van der Waals surface area contributed by atoms with Crippen molar-refractivity contribution in [3.05, 3.63) is 41.7 Å². The minimum atomic E-state index is -2.46. The van der Waals surface area contributed by atoms with E-state index in [1.807, 2.05) is 32.0 Å². The molecule has 1 aromatic carbocycles. The van der Waals surface area contributed by atoms with Gasteiger partial charge in [-0.15, -0.1) is 0 Å². The van der Waals surface area contributed by atoms with E-state index in [1.165, 1.54) is 12.4 Å². The standard InChI is InChI=1S/C16H20F2N4O/c1-10-4-5-14(11(2)6-10)21-16(23)12(3)20-13-7-19-22(8-13)9-15(17)18/h4-8,12,15,20H,9H2,1-3H3,(H,21,23)/t12-/m1/s1. The summed E-state index contributed by atoms with van der Waals surface area (Å²) in [4.78, 5) is 12.2. The molecular weight excluding hydrogens is 302 g/mol. The fraction of sp³-hybridized carbons (Fsp3) is 0.375. The lowest BCUT2D eigenvalue weighted by atomic mass is 10.1. The van der Waals surface area contributed by atoms with E-state index < -0.39 is 19.0 Å². The molecule has 1 heterocycles. The van der Waals surface area contributed by atoms with E-state index in [0.717, 1.165) is 21.5 Å². The molecular formula is C16H20F2N4O. The highest BCUT2D eigenvalue weighted by molar-refractivity contribution is 5.96. The molecule has 0 unspecified atom stereocenters. The Morgan fingerprint density at radius 2 is 2.09 bits per heavy atom. The van der Waals surface area contributed by atoms with Crippen LogP contribution in [-0.4, -0.2) is 28.2 Å². The van der Waals surface area contributed by atoms with Crippen LogP contribution in [-0.2, 0) is 11.3 Å². The van der Waals surface area contributed by atoms with E-state index >= 15 is 0 Å². The number of benzene rings is 1. The number of aromatic nitrogens is 2. The van der Waals surface area contributed by atoms with Crippen LogP contribution in [0.2, 0.25) is 0 Å². The van der Waals surface area contributed by atoms with Crippen molar-refractivity contribution in [2.24, 2.45) is 0 Å². The average molecular weight is 322 g/mol. The van der Waals surface area contributed by atoms with Gasteiger partial charge in [0.2, 0.25) is 5.91 Å². The van der Waals surface area contributed by atoms with Crippen LogP contribution in [0.25, 0.3) is 0 Å². The third-order valence-electron chi connectivity index (χ3n) is 3.37. The zero-order valence-electron chi connectivity index (χ0n) is 13.3. The summed E-state index contributed by atoms with van der Waals surface area (Å²) >= 11 is 0. The molecule has 0 aliphatic carbocycles. The largest absolute Gasteiger partial charge is 0.371 e. The Kier molecular flexibility index (Phi) is 5.31. The average Bonchev–Trinajstić information content (AvgIpc) is 2.88. The number of nitrogens with zero attached hydrogens (tertiary/aromatic N) is 2. The first kappa shape index (κ1) is 16.9. The van der Waals surface area contributed by atoms with E-state index in [9.17, 15) is 13.6 Å². The van der Waals surface area contributed by atoms with Gasteiger partial charge in [-0.25, -0.2) is 8.78 Å². The summed E-state index contributed by atoms with van der Waals surface area (Å²) in [6.45, 7) is 5.14. The zero-order valence-corrected chi connectivity index (χ0v) is 13.3. The van der Waals surface area contributed by atoms with Crippen LogP contribution in [0.5, 0.6) is 0 Å². The number of carbonyl (C=O) groups excluding carboxylic acids is 1. The summed E-state index contributed by atoms with van der Waals surface area (Å²) in [6.07, 6.45) is 0.407. The lowest BCUT2D eigenvalue weighted by Gasteiger charge is -2.15. The Morgan fingerprint density at radius 3 is 2.74 bits per heavy atom. The fourth-order valence-electron chi connectivity index (χ4n) is 2.19. The van der Waals surface area contributed by atoms with Crippen molar-refractivity contribution in [1.82, 2.24) is 9.78 Å². The Labute approximate surface area is 133 Å². The topological polar surface area (TPSA) is 59.0 Å². The summed E-state index contributed by atoms with van der Waals surface area (Å²) < 4.78 is 25.7. The number of carbonyl (C=O) groups is 1. The summed E-state index contributed by atoms with van der Waals surface area (Å²) in [5, 5.41) is 9.61. The van der Waals surface area contributed by atoms with E-state index in [1.54, 1.807) is 6.92 Å². The molecule has 0 bridgehead atoms. The number of rotatable bonds is 6. The maximum absolute atomic E-state index is 12.3. The van der Waals surface area contributed by atoms with Crippen LogP contribution < -0.4 is 10.6 Å². The van der Waals surface area contributed by atoms with Gasteiger partial charge >= 0.3 is 0 Å². The van der Waals surface area contributed by atoms with Gasteiger partial charge in [-0.3, -0.25) is 9.48 Å². The molecule has 1 aromatic heterocycles. The molecule has 0 fully saturated rings. The van der Waals surface area contributed by atoms with Gasteiger partial charge in [0.25, 0.3) is 6.43 Å². The molecule has 0 aliphatic heterocycles. The molecule has 124 valence electrons. The zero-order chi connectivity index (χ0) is 17.0. The minimum Gasteiger partial charge on any atom is -0.371 e. The number of hydrogen-bond acceptors (Lipinski definition) is 3. The number of alkyl halides is 2. The summed E-state index contributed by atoms with van der Waals surface area (Å²) in [7, 11) is 0. The van der Waals surface area contributed by atoms with Crippen LogP contribution in [0.4, 0.5) is 20.2 Å². The second kappa shape index (κ2) is 7.21. The molecule has 0 saturated heterocycles. The molecule has 2 N–H and O–H groups in total. The maximum atomic E-state index is 12.3. The van der Waals surface area contributed by atoms with Crippen molar-refractivity contribution in [2.45, 2.75) is 39.8 Å². The first-order chi connectivity index (χ1) is 10.8. The van der Waals surface area contributed by atoms with Crippen LogP contribution >= 0.6 is 0 Å². The number of hydrogen-bond donors (Lipinski definition) is 2. The molecule has 0 saturated carbocycles. The highest BCUT2D eigenvalue weighted by Gasteiger charge is 2.15. The highest BCUT2D eigenvalue weighted by Crippen LogP contribution is 2.17. The number of aryl methyl sites for hydroxylation is 2. The van der Waals surface area contributed by atoms with Crippen LogP contribution in [0.1, 0.15) is 18.1 Å². The first-order valence-corrected chi connectivity index (χ1v) is 7.30. The van der Waals surface area contributed by atoms with E-state index in [-0.39, 0.29) is 5.91 Å². The van der Waals surface area contributed by atoms with Gasteiger partial charge in [-0.05, 0) is 32.4 Å². The second-order valence-corrected chi connectivity index (χ2v) is 5.52. The van der Waals surface area contributed by atoms with Gasteiger partial charge < -0.3 is 10.6 Å². The summed E-state index contributed by atoms with van der Waals surface area (Å²) in [5.74, 6) is -0.210. The minimum absolute atomic E-state index is 0.210. The fourth-order valence-corrected chi connectivity index (χ4v) is 2.19. The predicted octanol–water partition coefficient (Wildman–Crippen LogP) is 3.20. The smallest absolute Gasteiger partial charge is 0.257 e. The van der Waals surface area contributed by atoms with Crippen molar-refractivity contribution in [1.29, 1.82) is 0 Å². The van der Waals surface area contributed by atoms with Gasteiger partial charge in [0.05, 0.1) is 11.9 Å². The van der Waals surface area contributed by atoms with Crippen LogP contribution in [0.15, 0.2) is 30.6 Å². The van der Waals surface area contributed by atoms with Gasteiger partial charge in [0.15, 0.2) is 0 Å². The van der Waals surface area contributed by atoms with Crippen LogP contribution in [0.3, 0.4) is 0 Å². The summed E-state index contributed by atoms with van der Waals surface area (Å²) in [6, 6.07) is 5.24. The molecule has 0 radical (unpaired) electrons. The van der Waals surface area contributed by atoms with E-state index in [4.69, 9.17) is 0 Å². The van der Waals surface area contributed by atoms with Crippen molar-refractivity contribution < 1.29 is 13.6 Å². The monoisotopic (exact) mass is 322 g/mol. The molecule has 0 spiro atoms. The molecule has 2 aromatic rings. The van der Waals surface area contributed by atoms with Gasteiger partial charge in [0, 0.05) is 11.9 Å². The van der Waals surface area contributed by atoms with E-state index in [0.29, 0.717) is 5.69 Å². The molecule has 23 heavy (non-hydrogen) atoms. The molecule has 1 atom stereocenters. The van der Waals surface area contributed by atoms with Crippen LogP contribution in [0, 0.1) is 13.8 Å². The lowest BCUT2D eigenvalue weighted by Crippen LogP contribution is -2.32. The van der Waals surface area contributed by atoms with Gasteiger partial charge in [-0.1, -0.05) is 17.7 Å². The Bertz CT molecular complexity index is 684. The summed E-state index contributed by atoms with van der Waals surface area (Å²) in [5.41, 5.74) is 3.38.